The Kier molecular flexibility index (Phi) is 4.59. The van der Waals surface area contributed by atoms with Crippen LogP contribution in [0.5, 0.6) is 0 Å². The predicted molar refractivity (Wildman–Crippen MR) is 72.2 cm³/mol. The van der Waals surface area contributed by atoms with Gasteiger partial charge in [0, 0.05) is 6.54 Å². The molecule has 2 N–H and O–H groups in total. The topological polar surface area (TPSA) is 57.8 Å². The Morgan fingerprint density at radius 2 is 2.18 bits per heavy atom. The number of rotatable bonds is 4. The molecule has 0 amide bonds. The third-order valence-corrected chi connectivity index (χ3v) is 4.18. The highest BCUT2D eigenvalue weighted by atomic mass is 79.9. The van der Waals surface area contributed by atoms with Crippen molar-refractivity contribution in [1.82, 2.24) is 10.2 Å². The molecular formula is C12H18BrN3O. The maximum atomic E-state index is 11.3. The molecular weight excluding hydrogens is 282 g/mol. The van der Waals surface area contributed by atoms with Gasteiger partial charge in [0.25, 0.3) is 5.56 Å². The van der Waals surface area contributed by atoms with Gasteiger partial charge in [-0.2, -0.15) is 5.10 Å². The first kappa shape index (κ1) is 12.6. The molecule has 17 heavy (non-hydrogen) atoms. The maximum Gasteiger partial charge on any atom is 0.280 e. The summed E-state index contributed by atoms with van der Waals surface area (Å²) in [6, 6.07) is 0. The fraction of sp³-hybridized carbons (Fsp3) is 0.667. The van der Waals surface area contributed by atoms with E-state index in [1.54, 1.807) is 6.20 Å². The van der Waals surface area contributed by atoms with Crippen LogP contribution in [0.25, 0.3) is 0 Å². The van der Waals surface area contributed by atoms with Crippen LogP contribution >= 0.6 is 15.9 Å². The number of H-pyrrole nitrogens is 1. The number of halogens is 1. The Bertz CT molecular complexity index is 412. The first-order valence-corrected chi connectivity index (χ1v) is 7.03. The van der Waals surface area contributed by atoms with E-state index in [0.29, 0.717) is 4.47 Å². The lowest BCUT2D eigenvalue weighted by atomic mass is 9.87. The number of hydrogen-bond donors (Lipinski definition) is 2. The van der Waals surface area contributed by atoms with Gasteiger partial charge < -0.3 is 5.32 Å². The summed E-state index contributed by atoms with van der Waals surface area (Å²) < 4.78 is 0.538. The van der Waals surface area contributed by atoms with Crippen molar-refractivity contribution in [3.8, 4) is 0 Å². The second-order valence-electron chi connectivity index (χ2n) is 4.65. The lowest BCUT2D eigenvalue weighted by Gasteiger charge is -2.21. The number of hydrogen-bond acceptors (Lipinski definition) is 3. The Hall–Kier alpha value is -0.840. The van der Waals surface area contributed by atoms with E-state index in [1.807, 2.05) is 0 Å². The number of anilines is 1. The average Bonchev–Trinajstić information content (AvgIpc) is 2.36. The number of aromatic nitrogens is 2. The van der Waals surface area contributed by atoms with Crippen LogP contribution in [-0.4, -0.2) is 16.7 Å². The Labute approximate surface area is 109 Å². The van der Waals surface area contributed by atoms with E-state index in [4.69, 9.17) is 0 Å². The minimum Gasteiger partial charge on any atom is -0.383 e. The van der Waals surface area contributed by atoms with Crippen molar-refractivity contribution in [2.45, 2.75) is 38.5 Å². The Balaban J connectivity index is 1.81. The molecule has 5 heteroatoms. The van der Waals surface area contributed by atoms with Crippen molar-refractivity contribution in [3.05, 3.63) is 21.0 Å². The van der Waals surface area contributed by atoms with Gasteiger partial charge in [-0.05, 0) is 28.3 Å². The van der Waals surface area contributed by atoms with Gasteiger partial charge in [0.1, 0.15) is 4.47 Å². The standard InChI is InChI=1S/C12H18BrN3O/c13-11-10(8-15-16-12(11)17)14-7-6-9-4-2-1-3-5-9/h8-9H,1-7H2,(H2,14,16,17). The average molecular weight is 300 g/mol. The molecule has 0 unspecified atom stereocenters. The van der Waals surface area contributed by atoms with Crippen LogP contribution in [0.1, 0.15) is 38.5 Å². The van der Waals surface area contributed by atoms with Crippen molar-refractivity contribution in [2.75, 3.05) is 11.9 Å². The molecule has 1 aromatic rings. The molecule has 0 saturated heterocycles. The van der Waals surface area contributed by atoms with Crippen LogP contribution in [0.2, 0.25) is 0 Å². The van der Waals surface area contributed by atoms with Gasteiger partial charge in [0.15, 0.2) is 0 Å². The van der Waals surface area contributed by atoms with Gasteiger partial charge in [-0.15, -0.1) is 0 Å². The zero-order valence-corrected chi connectivity index (χ0v) is 11.4. The normalized spacial score (nSPS) is 17.0. The summed E-state index contributed by atoms with van der Waals surface area (Å²) in [7, 11) is 0. The van der Waals surface area contributed by atoms with Crippen molar-refractivity contribution in [1.29, 1.82) is 0 Å². The van der Waals surface area contributed by atoms with Crippen LogP contribution in [0.3, 0.4) is 0 Å². The lowest BCUT2D eigenvalue weighted by molar-refractivity contribution is 0.345. The Morgan fingerprint density at radius 3 is 2.94 bits per heavy atom. The summed E-state index contributed by atoms with van der Waals surface area (Å²) in [5, 5.41) is 9.44. The number of nitrogens with zero attached hydrogens (tertiary/aromatic N) is 1. The summed E-state index contributed by atoms with van der Waals surface area (Å²) >= 11 is 3.26. The summed E-state index contributed by atoms with van der Waals surface area (Å²) in [6.45, 7) is 0.911. The molecule has 1 heterocycles. The second-order valence-corrected chi connectivity index (χ2v) is 5.44. The Morgan fingerprint density at radius 1 is 1.41 bits per heavy atom. The van der Waals surface area contributed by atoms with Crippen LogP contribution in [0, 0.1) is 5.92 Å². The third kappa shape index (κ3) is 3.56. The summed E-state index contributed by atoms with van der Waals surface area (Å²) in [5.74, 6) is 0.852. The third-order valence-electron chi connectivity index (χ3n) is 3.39. The van der Waals surface area contributed by atoms with E-state index in [-0.39, 0.29) is 5.56 Å². The molecule has 4 nitrogen and oxygen atoms in total. The fourth-order valence-electron chi connectivity index (χ4n) is 2.39. The molecule has 1 aliphatic carbocycles. The highest BCUT2D eigenvalue weighted by molar-refractivity contribution is 9.10. The molecule has 0 aliphatic heterocycles. The van der Waals surface area contributed by atoms with Gasteiger partial charge in [-0.3, -0.25) is 4.79 Å². The summed E-state index contributed by atoms with van der Waals surface area (Å²) in [5.41, 5.74) is 0.595. The van der Waals surface area contributed by atoms with E-state index in [1.165, 1.54) is 38.5 Å². The molecule has 1 aliphatic rings. The van der Waals surface area contributed by atoms with Gasteiger partial charge in [-0.25, -0.2) is 5.10 Å². The van der Waals surface area contributed by atoms with Crippen molar-refractivity contribution >= 4 is 21.6 Å². The lowest BCUT2D eigenvalue weighted by Crippen LogP contribution is -2.15. The maximum absolute atomic E-state index is 11.3. The van der Waals surface area contributed by atoms with E-state index in [9.17, 15) is 4.79 Å². The monoisotopic (exact) mass is 299 g/mol. The van der Waals surface area contributed by atoms with Gasteiger partial charge in [-0.1, -0.05) is 32.1 Å². The number of nitrogens with one attached hydrogen (secondary N) is 2. The largest absolute Gasteiger partial charge is 0.383 e. The summed E-state index contributed by atoms with van der Waals surface area (Å²) in [6.07, 6.45) is 9.69. The fourth-order valence-corrected chi connectivity index (χ4v) is 2.72. The van der Waals surface area contributed by atoms with Crippen molar-refractivity contribution in [2.24, 2.45) is 5.92 Å². The smallest absolute Gasteiger partial charge is 0.280 e. The molecule has 0 spiro atoms. The highest BCUT2D eigenvalue weighted by Crippen LogP contribution is 2.26. The molecule has 1 fully saturated rings. The highest BCUT2D eigenvalue weighted by Gasteiger charge is 2.13. The van der Waals surface area contributed by atoms with Gasteiger partial charge in [0.05, 0.1) is 11.9 Å². The van der Waals surface area contributed by atoms with Gasteiger partial charge >= 0.3 is 0 Å². The number of aromatic amines is 1. The molecule has 1 aromatic heterocycles. The molecule has 0 radical (unpaired) electrons. The molecule has 0 aromatic carbocycles. The van der Waals surface area contributed by atoms with Crippen molar-refractivity contribution < 1.29 is 0 Å². The zero-order valence-electron chi connectivity index (χ0n) is 9.84. The molecule has 0 bridgehead atoms. The zero-order chi connectivity index (χ0) is 12.1. The van der Waals surface area contributed by atoms with Crippen molar-refractivity contribution in [3.63, 3.8) is 0 Å². The van der Waals surface area contributed by atoms with E-state index >= 15 is 0 Å². The first-order chi connectivity index (χ1) is 8.27. The molecule has 1 saturated carbocycles. The van der Waals surface area contributed by atoms with Crippen LogP contribution in [-0.2, 0) is 0 Å². The first-order valence-electron chi connectivity index (χ1n) is 6.24. The van der Waals surface area contributed by atoms with Crippen LogP contribution < -0.4 is 10.9 Å². The predicted octanol–water partition coefficient (Wildman–Crippen LogP) is 2.91. The quantitative estimate of drug-likeness (QED) is 0.899. The van der Waals surface area contributed by atoms with E-state index < -0.39 is 0 Å². The van der Waals surface area contributed by atoms with Crippen LogP contribution in [0.15, 0.2) is 15.5 Å². The molecule has 94 valence electrons. The second kappa shape index (κ2) is 6.19. The minimum atomic E-state index is -0.187. The minimum absolute atomic E-state index is 0.187. The van der Waals surface area contributed by atoms with E-state index in [0.717, 1.165) is 18.2 Å². The van der Waals surface area contributed by atoms with Crippen LogP contribution in [0.4, 0.5) is 5.69 Å². The summed E-state index contributed by atoms with van der Waals surface area (Å²) in [4.78, 5) is 11.3. The SMILES string of the molecule is O=c1[nH]ncc(NCCC2CCCCC2)c1Br. The molecule has 0 atom stereocenters. The van der Waals surface area contributed by atoms with E-state index in [2.05, 4.69) is 31.4 Å². The van der Waals surface area contributed by atoms with Gasteiger partial charge in [0.2, 0.25) is 0 Å². The molecule has 2 rings (SSSR count).